The fourth-order valence-electron chi connectivity index (χ4n) is 3.66. The van der Waals surface area contributed by atoms with E-state index in [4.69, 9.17) is 9.47 Å². The molecule has 1 atom stereocenters. The maximum Gasteiger partial charge on any atom is 0.410 e. The van der Waals surface area contributed by atoms with Crippen molar-refractivity contribution in [1.82, 2.24) is 9.80 Å². The van der Waals surface area contributed by atoms with E-state index in [2.05, 4.69) is 0 Å². The van der Waals surface area contributed by atoms with Crippen LogP contribution in [0.1, 0.15) is 46.9 Å². The molecule has 2 aliphatic heterocycles. The van der Waals surface area contributed by atoms with Crippen LogP contribution in [0.5, 0.6) is 0 Å². The number of cyclic esters (lactones) is 1. The Kier molecular flexibility index (Phi) is 5.44. The van der Waals surface area contributed by atoms with Gasteiger partial charge in [0, 0.05) is 24.7 Å². The molecule has 3 rings (SSSR count). The number of hydrogen-bond acceptors (Lipinski definition) is 5. The van der Waals surface area contributed by atoms with Gasteiger partial charge in [-0.1, -0.05) is 13.0 Å². The van der Waals surface area contributed by atoms with E-state index in [0.29, 0.717) is 30.8 Å². The number of methoxy groups -OCH3 is 1. The second kappa shape index (κ2) is 7.76. The van der Waals surface area contributed by atoms with Crippen LogP contribution in [0.15, 0.2) is 24.3 Å². The molecular weight excluding hydrogens is 336 g/mol. The molecule has 7 nitrogen and oxygen atoms in total. The van der Waals surface area contributed by atoms with Crippen LogP contribution >= 0.6 is 0 Å². The molecule has 2 saturated heterocycles. The molecule has 1 aromatic carbocycles. The molecule has 0 aliphatic carbocycles. The van der Waals surface area contributed by atoms with Crippen LogP contribution in [0.4, 0.5) is 4.79 Å². The highest BCUT2D eigenvalue weighted by Crippen LogP contribution is 2.26. The van der Waals surface area contributed by atoms with Gasteiger partial charge in [-0.3, -0.25) is 9.69 Å². The average Bonchev–Trinajstić information content (AvgIpc) is 3.07. The van der Waals surface area contributed by atoms with Gasteiger partial charge in [0.2, 0.25) is 0 Å². The minimum Gasteiger partial charge on any atom is -0.465 e. The van der Waals surface area contributed by atoms with Crippen molar-refractivity contribution in [2.75, 3.05) is 26.8 Å². The van der Waals surface area contributed by atoms with Gasteiger partial charge < -0.3 is 14.4 Å². The SMILES string of the molecule is CCC1COC(=O)N1C1CCN(C(=O)c2cccc(C(=O)OC)c2)CC1. The number of piperidine rings is 1. The fourth-order valence-corrected chi connectivity index (χ4v) is 3.66. The van der Waals surface area contributed by atoms with Crippen molar-refractivity contribution in [3.8, 4) is 0 Å². The van der Waals surface area contributed by atoms with E-state index in [-0.39, 0.29) is 24.1 Å². The molecule has 2 amide bonds. The van der Waals surface area contributed by atoms with Crippen molar-refractivity contribution in [3.05, 3.63) is 35.4 Å². The maximum atomic E-state index is 12.7. The van der Waals surface area contributed by atoms with E-state index in [9.17, 15) is 14.4 Å². The Hall–Kier alpha value is -2.57. The van der Waals surface area contributed by atoms with Crippen LogP contribution in [-0.2, 0) is 9.47 Å². The van der Waals surface area contributed by atoms with Gasteiger partial charge >= 0.3 is 12.1 Å². The number of esters is 1. The van der Waals surface area contributed by atoms with Crippen LogP contribution in [0, 0.1) is 0 Å². The Balaban J connectivity index is 1.64. The van der Waals surface area contributed by atoms with E-state index in [1.807, 2.05) is 11.8 Å². The number of likely N-dealkylation sites (tertiary alicyclic amines) is 1. The Morgan fingerprint density at radius 2 is 1.92 bits per heavy atom. The molecule has 0 saturated carbocycles. The number of benzene rings is 1. The Morgan fingerprint density at radius 1 is 1.23 bits per heavy atom. The van der Waals surface area contributed by atoms with Crippen molar-refractivity contribution in [3.63, 3.8) is 0 Å². The van der Waals surface area contributed by atoms with Crippen molar-refractivity contribution < 1.29 is 23.9 Å². The summed E-state index contributed by atoms with van der Waals surface area (Å²) in [5.74, 6) is -0.568. The van der Waals surface area contributed by atoms with Crippen LogP contribution in [0.2, 0.25) is 0 Å². The van der Waals surface area contributed by atoms with E-state index in [1.165, 1.54) is 7.11 Å². The van der Waals surface area contributed by atoms with Crippen LogP contribution < -0.4 is 0 Å². The minimum atomic E-state index is -0.462. The first-order chi connectivity index (χ1) is 12.5. The Bertz CT molecular complexity index is 697. The van der Waals surface area contributed by atoms with E-state index in [1.54, 1.807) is 29.2 Å². The lowest BCUT2D eigenvalue weighted by Gasteiger charge is -2.37. The van der Waals surface area contributed by atoms with E-state index < -0.39 is 5.97 Å². The number of ether oxygens (including phenoxy) is 2. The summed E-state index contributed by atoms with van der Waals surface area (Å²) in [5, 5.41) is 0. The third kappa shape index (κ3) is 3.52. The smallest absolute Gasteiger partial charge is 0.410 e. The summed E-state index contributed by atoms with van der Waals surface area (Å²) >= 11 is 0. The normalized spacial score (nSPS) is 20.8. The van der Waals surface area contributed by atoms with E-state index >= 15 is 0 Å². The zero-order valence-corrected chi connectivity index (χ0v) is 15.1. The van der Waals surface area contributed by atoms with Gasteiger partial charge in [0.05, 0.1) is 18.7 Å². The van der Waals surface area contributed by atoms with Crippen LogP contribution in [0.25, 0.3) is 0 Å². The van der Waals surface area contributed by atoms with Crippen LogP contribution in [0.3, 0.4) is 0 Å². The predicted octanol–water partition coefficient (Wildman–Crippen LogP) is 2.31. The van der Waals surface area contributed by atoms with Crippen molar-refractivity contribution >= 4 is 18.0 Å². The second-order valence-electron chi connectivity index (χ2n) is 6.64. The first-order valence-electron chi connectivity index (χ1n) is 8.98. The van der Waals surface area contributed by atoms with Gasteiger partial charge in [-0.05, 0) is 37.5 Å². The van der Waals surface area contributed by atoms with Gasteiger partial charge in [0.1, 0.15) is 6.61 Å². The molecule has 7 heteroatoms. The van der Waals surface area contributed by atoms with Crippen molar-refractivity contribution in [2.45, 2.75) is 38.3 Å². The second-order valence-corrected chi connectivity index (χ2v) is 6.64. The molecule has 2 aliphatic rings. The number of carbonyl (C=O) groups excluding carboxylic acids is 3. The van der Waals surface area contributed by atoms with Gasteiger partial charge in [-0.2, -0.15) is 0 Å². The number of hydrogen-bond donors (Lipinski definition) is 0. The summed E-state index contributed by atoms with van der Waals surface area (Å²) in [6, 6.07) is 6.81. The van der Waals surface area contributed by atoms with E-state index in [0.717, 1.165) is 19.3 Å². The van der Waals surface area contributed by atoms with Crippen molar-refractivity contribution in [2.24, 2.45) is 0 Å². The summed E-state index contributed by atoms with van der Waals surface area (Å²) < 4.78 is 9.88. The molecule has 0 N–H and O–H groups in total. The lowest BCUT2D eigenvalue weighted by molar-refractivity contribution is 0.0600. The summed E-state index contributed by atoms with van der Waals surface area (Å²) in [5.41, 5.74) is 0.831. The summed E-state index contributed by atoms with van der Waals surface area (Å²) in [6.07, 6.45) is 2.08. The third-order valence-electron chi connectivity index (χ3n) is 5.15. The molecule has 0 spiro atoms. The zero-order chi connectivity index (χ0) is 18.7. The molecule has 2 heterocycles. The molecule has 140 valence electrons. The zero-order valence-electron chi connectivity index (χ0n) is 15.1. The monoisotopic (exact) mass is 360 g/mol. The van der Waals surface area contributed by atoms with Gasteiger partial charge in [-0.15, -0.1) is 0 Å². The summed E-state index contributed by atoms with van der Waals surface area (Å²) in [4.78, 5) is 40.0. The quantitative estimate of drug-likeness (QED) is 0.770. The molecule has 2 fully saturated rings. The largest absolute Gasteiger partial charge is 0.465 e. The first-order valence-corrected chi connectivity index (χ1v) is 8.98. The molecule has 0 bridgehead atoms. The van der Waals surface area contributed by atoms with Crippen molar-refractivity contribution in [1.29, 1.82) is 0 Å². The highest BCUT2D eigenvalue weighted by molar-refractivity contribution is 5.98. The maximum absolute atomic E-state index is 12.7. The predicted molar refractivity (Wildman–Crippen MR) is 94.0 cm³/mol. The average molecular weight is 360 g/mol. The van der Waals surface area contributed by atoms with Gasteiger partial charge in [-0.25, -0.2) is 9.59 Å². The third-order valence-corrected chi connectivity index (χ3v) is 5.15. The molecular formula is C19H24N2O5. The molecule has 0 aromatic heterocycles. The van der Waals surface area contributed by atoms with Crippen LogP contribution in [-0.4, -0.2) is 66.7 Å². The number of amides is 2. The molecule has 1 unspecified atom stereocenters. The highest BCUT2D eigenvalue weighted by atomic mass is 16.6. The summed E-state index contributed by atoms with van der Waals surface area (Å²) in [7, 11) is 1.31. The summed E-state index contributed by atoms with van der Waals surface area (Å²) in [6.45, 7) is 3.65. The lowest BCUT2D eigenvalue weighted by atomic mass is 10.00. The van der Waals surface area contributed by atoms with Gasteiger partial charge in [0.25, 0.3) is 5.91 Å². The molecule has 26 heavy (non-hydrogen) atoms. The Labute approximate surface area is 152 Å². The van der Waals surface area contributed by atoms with Gasteiger partial charge in [0.15, 0.2) is 0 Å². The molecule has 0 radical (unpaired) electrons. The molecule has 1 aromatic rings. The number of rotatable bonds is 4. The standard InChI is InChI=1S/C19H24N2O5/c1-3-15-12-26-19(24)21(15)16-7-9-20(10-8-16)17(22)13-5-4-6-14(11-13)18(23)25-2/h4-6,11,15-16H,3,7-10,12H2,1-2H3. The number of nitrogens with zero attached hydrogens (tertiary/aromatic N) is 2. The minimum absolute atomic E-state index is 0.106. The lowest BCUT2D eigenvalue weighted by Crippen LogP contribution is -2.49. The highest BCUT2D eigenvalue weighted by Gasteiger charge is 2.39. The first kappa shape index (κ1) is 18.2. The fraction of sp³-hybridized carbons (Fsp3) is 0.526. The Morgan fingerprint density at radius 3 is 2.58 bits per heavy atom. The topological polar surface area (TPSA) is 76.2 Å². The number of carbonyl (C=O) groups is 3.